The van der Waals surface area contributed by atoms with E-state index in [1.54, 1.807) is 0 Å². The first-order valence-electron chi connectivity index (χ1n) is 10.1. The van der Waals surface area contributed by atoms with Crippen LogP contribution in [0.25, 0.3) is 0 Å². The van der Waals surface area contributed by atoms with Crippen LogP contribution < -0.4 is 15.6 Å². The van der Waals surface area contributed by atoms with E-state index in [4.69, 9.17) is 15.8 Å². The van der Waals surface area contributed by atoms with Gasteiger partial charge in [-0.1, -0.05) is 64.5 Å². The molecule has 0 saturated heterocycles. The molecule has 5 rings (SSSR count). The van der Waals surface area contributed by atoms with Crippen molar-refractivity contribution >= 4 is 38.9 Å². The highest BCUT2D eigenvalue weighted by Gasteiger charge is 2.38. The molecule has 2 heterocycles. The average molecular weight is 460 g/mol. The predicted octanol–water partition coefficient (Wildman–Crippen LogP) is 4.62. The van der Waals surface area contributed by atoms with E-state index in [1.807, 2.05) is 36.4 Å². The Hall–Kier alpha value is -2.96. The lowest BCUT2D eigenvalue weighted by atomic mass is 10.00. The minimum atomic E-state index is 0.0117. The van der Waals surface area contributed by atoms with Gasteiger partial charge in [-0.15, -0.1) is 0 Å². The molecule has 0 saturated carbocycles. The monoisotopic (exact) mass is 459 g/mol. The van der Waals surface area contributed by atoms with Gasteiger partial charge in [0, 0.05) is 22.0 Å². The van der Waals surface area contributed by atoms with Crippen LogP contribution in [0.3, 0.4) is 0 Å². The second-order valence-corrected chi connectivity index (χ2v) is 8.23. The standard InChI is InChI=1S/C24H22BrN5/c25-18-11-12-21-20(15-18)24(17-7-3-1-4-8-17)27-16-22-28-30(19-9-5-2-6-10-19)23(13-14-26)29(21)22/h1-12,15,23H,13-14,16,26H2. The third kappa shape index (κ3) is 3.32. The van der Waals surface area contributed by atoms with Gasteiger partial charge in [-0.2, -0.15) is 5.10 Å². The number of amidine groups is 1. The van der Waals surface area contributed by atoms with Gasteiger partial charge < -0.3 is 10.6 Å². The van der Waals surface area contributed by atoms with Crippen LogP contribution in [0.2, 0.25) is 0 Å². The lowest BCUT2D eigenvalue weighted by molar-refractivity contribution is 0.611. The zero-order chi connectivity index (χ0) is 20.5. The summed E-state index contributed by atoms with van der Waals surface area (Å²) >= 11 is 3.65. The van der Waals surface area contributed by atoms with Crippen LogP contribution in [0.5, 0.6) is 0 Å². The van der Waals surface area contributed by atoms with E-state index in [1.165, 1.54) is 0 Å². The van der Waals surface area contributed by atoms with Crippen molar-refractivity contribution in [3.8, 4) is 0 Å². The number of nitrogens with two attached hydrogens (primary N) is 1. The molecule has 0 fully saturated rings. The molecule has 0 aliphatic carbocycles. The van der Waals surface area contributed by atoms with Crippen LogP contribution in [0.4, 0.5) is 11.4 Å². The van der Waals surface area contributed by atoms with E-state index in [-0.39, 0.29) is 6.17 Å². The maximum Gasteiger partial charge on any atom is 0.153 e. The Bertz CT molecular complexity index is 1110. The molecule has 2 aliphatic rings. The fourth-order valence-corrected chi connectivity index (χ4v) is 4.49. The summed E-state index contributed by atoms with van der Waals surface area (Å²) in [5.41, 5.74) is 11.4. The Morgan fingerprint density at radius 1 is 0.967 bits per heavy atom. The smallest absolute Gasteiger partial charge is 0.153 e. The van der Waals surface area contributed by atoms with Crippen LogP contribution in [-0.2, 0) is 0 Å². The van der Waals surface area contributed by atoms with Gasteiger partial charge in [0.15, 0.2) is 5.84 Å². The molecule has 2 aliphatic heterocycles. The highest BCUT2D eigenvalue weighted by molar-refractivity contribution is 9.10. The van der Waals surface area contributed by atoms with E-state index in [2.05, 4.69) is 68.3 Å². The Morgan fingerprint density at radius 2 is 1.70 bits per heavy atom. The van der Waals surface area contributed by atoms with Gasteiger partial charge in [0.2, 0.25) is 0 Å². The molecule has 1 unspecified atom stereocenters. The quantitative estimate of drug-likeness (QED) is 0.619. The maximum absolute atomic E-state index is 6.03. The summed E-state index contributed by atoms with van der Waals surface area (Å²) in [6, 6.07) is 27.0. The number of anilines is 2. The van der Waals surface area contributed by atoms with Crippen LogP contribution >= 0.6 is 15.9 Å². The zero-order valence-corrected chi connectivity index (χ0v) is 18.0. The van der Waals surface area contributed by atoms with E-state index < -0.39 is 0 Å². The Morgan fingerprint density at radius 3 is 2.43 bits per heavy atom. The van der Waals surface area contributed by atoms with Crippen molar-refractivity contribution in [1.29, 1.82) is 0 Å². The number of hydrogen-bond donors (Lipinski definition) is 1. The summed E-state index contributed by atoms with van der Waals surface area (Å²) in [7, 11) is 0. The largest absolute Gasteiger partial charge is 0.330 e. The molecule has 3 aromatic rings. The molecule has 3 aromatic carbocycles. The Labute approximate surface area is 184 Å². The van der Waals surface area contributed by atoms with E-state index in [0.29, 0.717) is 13.1 Å². The fraction of sp³-hybridized carbons (Fsp3) is 0.167. The topological polar surface area (TPSA) is 57.2 Å². The average Bonchev–Trinajstić information content (AvgIpc) is 3.05. The van der Waals surface area contributed by atoms with Gasteiger partial charge >= 0.3 is 0 Å². The van der Waals surface area contributed by atoms with E-state index >= 15 is 0 Å². The first kappa shape index (κ1) is 19.0. The molecule has 5 nitrogen and oxygen atoms in total. The third-order valence-electron chi connectivity index (χ3n) is 5.43. The Kier molecular flexibility index (Phi) is 5.11. The molecule has 0 amide bonds. The molecule has 0 aromatic heterocycles. The van der Waals surface area contributed by atoms with Gasteiger partial charge in [-0.3, -0.25) is 4.99 Å². The number of aliphatic imine (C=N–C) groups is 1. The molecular weight excluding hydrogens is 438 g/mol. The van der Waals surface area contributed by atoms with Crippen molar-refractivity contribution < 1.29 is 0 Å². The zero-order valence-electron chi connectivity index (χ0n) is 16.4. The van der Waals surface area contributed by atoms with E-state index in [9.17, 15) is 0 Å². The summed E-state index contributed by atoms with van der Waals surface area (Å²) in [6.07, 6.45) is 0.801. The lowest BCUT2D eigenvalue weighted by Crippen LogP contribution is -2.44. The van der Waals surface area contributed by atoms with Crippen molar-refractivity contribution in [2.24, 2.45) is 15.8 Å². The van der Waals surface area contributed by atoms with Gasteiger partial charge in [-0.05, 0) is 36.9 Å². The highest BCUT2D eigenvalue weighted by Crippen LogP contribution is 2.36. The second-order valence-electron chi connectivity index (χ2n) is 7.32. The molecule has 0 spiro atoms. The van der Waals surface area contributed by atoms with E-state index in [0.717, 1.165) is 44.9 Å². The molecule has 0 radical (unpaired) electrons. The molecule has 1 atom stereocenters. The summed E-state index contributed by atoms with van der Waals surface area (Å²) < 4.78 is 1.03. The minimum absolute atomic E-state index is 0.0117. The van der Waals surface area contributed by atoms with Crippen molar-refractivity contribution in [2.75, 3.05) is 23.0 Å². The normalized spacial score (nSPS) is 17.7. The number of hydrazone groups is 1. The minimum Gasteiger partial charge on any atom is -0.330 e. The second kappa shape index (κ2) is 8.05. The first-order valence-corrected chi connectivity index (χ1v) is 10.9. The predicted molar refractivity (Wildman–Crippen MR) is 127 cm³/mol. The summed E-state index contributed by atoms with van der Waals surface area (Å²) in [6.45, 7) is 1.09. The maximum atomic E-state index is 6.03. The molecule has 2 N–H and O–H groups in total. The molecular formula is C24H22BrN5. The van der Waals surface area contributed by atoms with Crippen LogP contribution in [0.1, 0.15) is 17.5 Å². The molecule has 6 heteroatoms. The Balaban J connectivity index is 1.67. The summed E-state index contributed by atoms with van der Waals surface area (Å²) in [5, 5.41) is 7.07. The SMILES string of the molecule is NCCC1N(c2ccccc2)N=C2CN=C(c3ccccc3)c3cc(Br)ccc3N21. The number of rotatable bonds is 4. The fourth-order valence-electron chi connectivity index (χ4n) is 4.12. The number of hydrogen-bond acceptors (Lipinski definition) is 5. The molecule has 0 bridgehead atoms. The number of nitrogens with zero attached hydrogens (tertiary/aromatic N) is 4. The highest BCUT2D eigenvalue weighted by atomic mass is 79.9. The van der Waals surface area contributed by atoms with Crippen molar-refractivity contribution in [1.82, 2.24) is 0 Å². The van der Waals surface area contributed by atoms with Crippen molar-refractivity contribution in [3.63, 3.8) is 0 Å². The number of benzene rings is 3. The third-order valence-corrected chi connectivity index (χ3v) is 5.92. The van der Waals surface area contributed by atoms with Crippen molar-refractivity contribution in [2.45, 2.75) is 12.6 Å². The van der Waals surface area contributed by atoms with Gasteiger partial charge in [0.05, 0.1) is 23.6 Å². The van der Waals surface area contributed by atoms with Crippen LogP contribution in [-0.4, -0.2) is 30.8 Å². The van der Waals surface area contributed by atoms with Crippen LogP contribution in [0, 0.1) is 0 Å². The van der Waals surface area contributed by atoms with Gasteiger partial charge in [0.25, 0.3) is 0 Å². The van der Waals surface area contributed by atoms with Gasteiger partial charge in [0.1, 0.15) is 6.17 Å². The summed E-state index contributed by atoms with van der Waals surface area (Å²) in [5.74, 6) is 0.937. The number of halogens is 1. The van der Waals surface area contributed by atoms with Crippen molar-refractivity contribution in [3.05, 3.63) is 94.5 Å². The molecule has 30 heavy (non-hydrogen) atoms. The lowest BCUT2D eigenvalue weighted by Gasteiger charge is -2.32. The number of para-hydroxylation sites is 1. The number of fused-ring (bicyclic) bond motifs is 3. The van der Waals surface area contributed by atoms with Gasteiger partial charge in [-0.25, -0.2) is 5.01 Å². The first-order chi connectivity index (χ1) is 14.8. The summed E-state index contributed by atoms with van der Waals surface area (Å²) in [4.78, 5) is 7.31. The molecule has 150 valence electrons. The van der Waals surface area contributed by atoms with Crippen LogP contribution in [0.15, 0.2) is 93.4 Å².